The van der Waals surface area contributed by atoms with E-state index in [4.69, 9.17) is 16.7 Å². The molecule has 1 N–H and O–H groups in total. The second kappa shape index (κ2) is 5.73. The largest absolute Gasteiger partial charge is 0.477 e. The van der Waals surface area contributed by atoms with E-state index in [1.54, 1.807) is 6.07 Å². The Kier molecular flexibility index (Phi) is 3.80. The van der Waals surface area contributed by atoms with Crippen LogP contribution < -0.4 is 5.43 Å². The molecule has 1 fully saturated rings. The van der Waals surface area contributed by atoms with Crippen LogP contribution in [-0.4, -0.2) is 63.1 Å². The van der Waals surface area contributed by atoms with E-state index in [1.165, 1.54) is 0 Å². The first-order chi connectivity index (χ1) is 11.5. The molecule has 0 radical (unpaired) electrons. The maximum atomic E-state index is 12.3. The molecule has 0 saturated carbocycles. The summed E-state index contributed by atoms with van der Waals surface area (Å²) in [6, 6.07) is 1.57. The van der Waals surface area contributed by atoms with Crippen LogP contribution in [0.3, 0.4) is 0 Å². The van der Waals surface area contributed by atoms with Crippen molar-refractivity contribution >= 4 is 28.7 Å². The van der Waals surface area contributed by atoms with Gasteiger partial charge in [0, 0.05) is 19.3 Å². The first-order valence-corrected chi connectivity index (χ1v) is 9.30. The maximum absolute atomic E-state index is 12.3. The lowest BCUT2D eigenvalue weighted by molar-refractivity contribution is 0.0695. The van der Waals surface area contributed by atoms with Gasteiger partial charge in [0.25, 0.3) is 5.03 Å². The van der Waals surface area contributed by atoms with Gasteiger partial charge in [-0.3, -0.25) is 4.79 Å². The highest BCUT2D eigenvalue weighted by molar-refractivity contribution is 7.94. The van der Waals surface area contributed by atoms with E-state index in [-0.39, 0.29) is 22.2 Å². The predicted molar refractivity (Wildman–Crippen MR) is 91.8 cm³/mol. The average Bonchev–Trinajstić information content (AvgIpc) is 2.50. The summed E-state index contributed by atoms with van der Waals surface area (Å²) in [6.45, 7) is 4.04. The van der Waals surface area contributed by atoms with E-state index < -0.39 is 11.4 Å². The third-order valence-electron chi connectivity index (χ3n) is 4.50. The van der Waals surface area contributed by atoms with Gasteiger partial charge in [-0.05, 0) is 13.1 Å². The molecule has 7 nitrogen and oxygen atoms in total. The van der Waals surface area contributed by atoms with E-state index >= 15 is 0 Å². The van der Waals surface area contributed by atoms with Gasteiger partial charge < -0.3 is 10.0 Å². The van der Waals surface area contributed by atoms with E-state index in [1.807, 2.05) is 4.57 Å². The highest BCUT2D eigenvalue weighted by Crippen LogP contribution is 2.40. The first-order valence-electron chi connectivity index (χ1n) is 7.57. The molecule has 0 amide bonds. The van der Waals surface area contributed by atoms with Crippen LogP contribution in [0.25, 0.3) is 11.4 Å². The molecule has 24 heavy (non-hydrogen) atoms. The highest BCUT2D eigenvalue weighted by atomic mass is 35.5. The molecule has 0 aliphatic carbocycles. The fourth-order valence-corrected chi connectivity index (χ4v) is 5.68. The molecule has 0 aromatic heterocycles. The van der Waals surface area contributed by atoms with E-state index in [9.17, 15) is 9.59 Å². The van der Waals surface area contributed by atoms with Crippen LogP contribution in [0.1, 0.15) is 10.4 Å². The Labute approximate surface area is 146 Å². The molecule has 0 aromatic rings. The van der Waals surface area contributed by atoms with E-state index in [2.05, 4.69) is 21.2 Å². The van der Waals surface area contributed by atoms with Crippen molar-refractivity contribution in [1.82, 2.24) is 18.8 Å². The van der Waals surface area contributed by atoms with Crippen LogP contribution in [0.15, 0.2) is 22.1 Å². The summed E-state index contributed by atoms with van der Waals surface area (Å²) >= 11 is 6.34. The summed E-state index contributed by atoms with van der Waals surface area (Å²) in [7, 11) is 2.12. The Balaban J connectivity index is 1.76. The number of carboxylic acid groups (broad SMARTS) is 1. The predicted octanol–water partition coefficient (Wildman–Crippen LogP) is 0.810. The Bertz CT molecular complexity index is 863. The van der Waals surface area contributed by atoms with Gasteiger partial charge in [-0.2, -0.15) is 0 Å². The van der Waals surface area contributed by atoms with Crippen LogP contribution in [0, 0.1) is 0 Å². The van der Waals surface area contributed by atoms with Crippen molar-refractivity contribution in [2.75, 3.05) is 33.2 Å². The normalized spacial score (nSPS) is 21.5. The van der Waals surface area contributed by atoms with Crippen molar-refractivity contribution in [1.29, 1.82) is 0 Å². The molecule has 4 aliphatic heterocycles. The molecule has 9 heteroatoms. The van der Waals surface area contributed by atoms with Gasteiger partial charge in [0.05, 0.1) is 18.7 Å². The number of fused-ring (bicyclic) bond motifs is 3. The lowest BCUT2D eigenvalue weighted by atomic mass is 10.1. The molecule has 1 atom stereocenters. The van der Waals surface area contributed by atoms with Crippen molar-refractivity contribution in [3.8, 4) is 11.4 Å². The molecule has 126 valence electrons. The minimum Gasteiger partial charge on any atom is -0.477 e. The molecule has 4 rings (SSSR count). The molecule has 1 unspecified atom stereocenters. The molecule has 0 spiro atoms. The second-order valence-electron chi connectivity index (χ2n) is 6.00. The summed E-state index contributed by atoms with van der Waals surface area (Å²) in [6.07, 6.45) is 1.14. The number of nitrogens with zero attached hydrogens (tertiary/aromatic N) is 4. The monoisotopic (exact) mass is 367 g/mol. The highest BCUT2D eigenvalue weighted by Gasteiger charge is 2.48. The van der Waals surface area contributed by atoms with Crippen molar-refractivity contribution in [3.63, 3.8) is 0 Å². The van der Waals surface area contributed by atoms with Crippen LogP contribution in [0.4, 0.5) is 0 Å². The maximum Gasteiger partial charge on any atom is 0.341 e. The molecule has 4 heterocycles. The topological polar surface area (TPSA) is 78.7 Å². The van der Waals surface area contributed by atoms with Crippen LogP contribution in [-0.2, 0) is 17.0 Å². The number of carbonyl (C=O) groups is 1. The zero-order chi connectivity index (χ0) is 17.0. The lowest BCUT2D eigenvalue weighted by Crippen LogP contribution is -2.52. The summed E-state index contributed by atoms with van der Waals surface area (Å²) in [5, 5.41) is 10.6. The van der Waals surface area contributed by atoms with Gasteiger partial charge >= 0.3 is 5.97 Å². The zero-order valence-electron chi connectivity index (χ0n) is 13.0. The fraction of sp³-hybridized carbons (Fsp3) is 0.400. The summed E-state index contributed by atoms with van der Waals surface area (Å²) in [5.74, 6) is -0.00715. The number of aromatic carboxylic acids is 1. The Morgan fingerprint density at radius 1 is 1.33 bits per heavy atom. The molecule has 0 aromatic carbocycles. The molecular formula is C15H16ClN4O3S+. The van der Waals surface area contributed by atoms with Crippen molar-refractivity contribution < 1.29 is 9.90 Å². The lowest BCUT2D eigenvalue weighted by Gasteiger charge is -2.36. The van der Waals surface area contributed by atoms with Gasteiger partial charge in [-0.25, -0.2) is 14.3 Å². The molecule has 1 saturated heterocycles. The number of hydrogen-bond acceptors (Lipinski definition) is 5. The van der Waals surface area contributed by atoms with E-state index in [0.29, 0.717) is 10.8 Å². The van der Waals surface area contributed by atoms with Gasteiger partial charge in [-0.15, -0.1) is 4.31 Å². The van der Waals surface area contributed by atoms with Gasteiger partial charge in [0.2, 0.25) is 11.3 Å². The summed E-state index contributed by atoms with van der Waals surface area (Å²) in [5.41, 5.74) is -0.585. The van der Waals surface area contributed by atoms with Gasteiger partial charge in [0.1, 0.15) is 10.6 Å². The van der Waals surface area contributed by atoms with Crippen LogP contribution in [0.2, 0.25) is 5.02 Å². The number of hydrogen-bond donors (Lipinski definition) is 1. The van der Waals surface area contributed by atoms with Crippen LogP contribution in [0.5, 0.6) is 0 Å². The minimum absolute atomic E-state index is 0.0818. The third kappa shape index (κ3) is 2.33. The standard InChI is InChI=1S/C15H15ClN4O3S/c1-18-2-4-19(5-3-18)24-8-20-13-9(6-11(16)14(20)24)12(21)10(7-17-13)15(22)23/h6-7H,2-5,8H2,1H3/p+1. The third-order valence-corrected chi connectivity index (χ3v) is 7.28. The summed E-state index contributed by atoms with van der Waals surface area (Å²) < 4.78 is 4.36. The van der Waals surface area contributed by atoms with E-state index in [0.717, 1.165) is 43.3 Å². The summed E-state index contributed by atoms with van der Waals surface area (Å²) in [4.78, 5) is 29.9. The smallest absolute Gasteiger partial charge is 0.341 e. The number of aromatic nitrogens is 2. The Morgan fingerprint density at radius 3 is 2.71 bits per heavy atom. The van der Waals surface area contributed by atoms with Gasteiger partial charge in [0.15, 0.2) is 16.9 Å². The Hall–Kier alpha value is -1.61. The number of carboxylic acids is 1. The SMILES string of the molecule is CN1CCN([S+]2Cn3c4ncc(C(=O)O)c(=O)c-4cc(Cl)c32)CC1. The number of halogens is 1. The second-order valence-corrected chi connectivity index (χ2v) is 8.29. The first kappa shape index (κ1) is 15.9. The minimum atomic E-state index is -1.27. The van der Waals surface area contributed by atoms with Gasteiger partial charge in [-0.1, -0.05) is 11.6 Å². The fourth-order valence-electron chi connectivity index (χ4n) is 3.10. The molecule has 4 aliphatic rings. The van der Waals surface area contributed by atoms with Crippen molar-refractivity contribution in [3.05, 3.63) is 33.1 Å². The van der Waals surface area contributed by atoms with Crippen molar-refractivity contribution in [2.45, 2.75) is 10.9 Å². The zero-order valence-corrected chi connectivity index (χ0v) is 14.6. The number of likely N-dealkylation sites (N-methyl/N-ethyl adjacent to an activating group) is 1. The number of rotatable bonds is 2. The number of pyridine rings is 2. The quantitative estimate of drug-likeness (QED) is 0.791. The average molecular weight is 368 g/mol. The number of piperazine rings is 1. The van der Waals surface area contributed by atoms with Crippen molar-refractivity contribution in [2.24, 2.45) is 0 Å². The Morgan fingerprint density at radius 2 is 2.04 bits per heavy atom. The van der Waals surface area contributed by atoms with Crippen LogP contribution >= 0.6 is 11.6 Å². The molecule has 0 bridgehead atoms. The molecular weight excluding hydrogens is 352 g/mol.